The normalized spacial score (nSPS) is 23.2. The maximum Gasteiger partial charge on any atom is 0.256 e. The summed E-state index contributed by atoms with van der Waals surface area (Å²) in [6.45, 7) is 8.47. The third kappa shape index (κ3) is 5.72. The number of benzene rings is 1. The molecule has 0 spiro atoms. The number of rotatable bonds is 9. The third-order valence-electron chi connectivity index (χ3n) is 4.73. The van der Waals surface area contributed by atoms with Crippen LogP contribution in [0.2, 0.25) is 0 Å². The molecule has 0 atom stereocenters. The van der Waals surface area contributed by atoms with E-state index in [1.54, 1.807) is 0 Å². The highest BCUT2D eigenvalue weighted by molar-refractivity contribution is 5.97. The molecule has 0 heterocycles. The van der Waals surface area contributed by atoms with Gasteiger partial charge in [-0.2, -0.15) is 0 Å². The zero-order chi connectivity index (χ0) is 18.1. The van der Waals surface area contributed by atoms with Crippen LogP contribution in [0.3, 0.4) is 0 Å². The predicted molar refractivity (Wildman–Crippen MR) is 99.0 cm³/mol. The molecule has 1 aromatic carbocycles. The quantitative estimate of drug-likeness (QED) is 0.684. The first-order valence-electron chi connectivity index (χ1n) is 9.35. The van der Waals surface area contributed by atoms with Crippen molar-refractivity contribution in [1.82, 2.24) is 0 Å². The van der Waals surface area contributed by atoms with Crippen molar-refractivity contribution in [2.75, 3.05) is 31.7 Å². The zero-order valence-corrected chi connectivity index (χ0v) is 15.7. The smallest absolute Gasteiger partial charge is 0.256 e. The summed E-state index contributed by atoms with van der Waals surface area (Å²) in [5.74, 6) is 1.39. The Labute approximate surface area is 151 Å². The molecule has 140 valence electrons. The van der Waals surface area contributed by atoms with Gasteiger partial charge in [-0.05, 0) is 69.7 Å². The van der Waals surface area contributed by atoms with E-state index in [0.717, 1.165) is 37.1 Å². The van der Waals surface area contributed by atoms with Gasteiger partial charge in [0.25, 0.3) is 5.91 Å². The molecule has 0 saturated heterocycles. The maximum absolute atomic E-state index is 12.8. The van der Waals surface area contributed by atoms with Crippen LogP contribution in [0, 0.1) is 5.92 Å². The number of hydrogen-bond donors (Lipinski definition) is 1. The largest absolute Gasteiger partial charge is 0.491 e. The topological polar surface area (TPSA) is 56.8 Å². The van der Waals surface area contributed by atoms with Crippen LogP contribution in [0.1, 0.15) is 46.5 Å². The molecule has 0 unspecified atom stereocenters. The number of carbonyl (C=O) groups is 1. The second-order valence-electron chi connectivity index (χ2n) is 6.63. The second-order valence-corrected chi connectivity index (χ2v) is 6.63. The Morgan fingerprint density at radius 2 is 1.80 bits per heavy atom. The van der Waals surface area contributed by atoms with Gasteiger partial charge in [-0.1, -0.05) is 6.92 Å². The number of amides is 1. The molecule has 0 bridgehead atoms. The van der Waals surface area contributed by atoms with Gasteiger partial charge in [-0.15, -0.1) is 0 Å². The van der Waals surface area contributed by atoms with E-state index in [1.165, 1.54) is 0 Å². The molecule has 1 saturated carbocycles. The molecular weight excluding hydrogens is 318 g/mol. The first-order chi connectivity index (χ1) is 12.1. The van der Waals surface area contributed by atoms with E-state index in [0.29, 0.717) is 32.3 Å². The highest BCUT2D eigenvalue weighted by Crippen LogP contribution is 2.35. The molecule has 1 amide bonds. The Balaban J connectivity index is 1.92. The van der Waals surface area contributed by atoms with Crippen molar-refractivity contribution in [3.05, 3.63) is 24.3 Å². The number of nitrogens with one attached hydrogen (secondary N) is 1. The van der Waals surface area contributed by atoms with Gasteiger partial charge in [0.1, 0.15) is 18.0 Å². The van der Waals surface area contributed by atoms with Crippen LogP contribution < -0.4 is 10.1 Å². The van der Waals surface area contributed by atoms with Gasteiger partial charge in [0.2, 0.25) is 0 Å². The average molecular weight is 349 g/mol. The van der Waals surface area contributed by atoms with Crippen LogP contribution in [-0.4, -0.2) is 37.9 Å². The monoisotopic (exact) mass is 349 g/mol. The summed E-state index contributed by atoms with van der Waals surface area (Å²) in [7, 11) is 0. The third-order valence-corrected chi connectivity index (χ3v) is 4.73. The standard InChI is InChI=1S/C20H31NO4/c1-4-23-14-15-24-18-8-6-17(7-9-18)21-19(22)20(25-5-2)12-10-16(3)11-13-20/h6-9,16H,4-5,10-15H2,1-3H3,(H,21,22). The maximum atomic E-state index is 12.8. The van der Waals surface area contributed by atoms with Crippen molar-refractivity contribution in [3.8, 4) is 5.75 Å². The Hall–Kier alpha value is -1.59. The van der Waals surface area contributed by atoms with E-state index in [4.69, 9.17) is 14.2 Å². The highest BCUT2D eigenvalue weighted by atomic mass is 16.5. The van der Waals surface area contributed by atoms with Crippen LogP contribution >= 0.6 is 0 Å². The number of anilines is 1. The molecule has 1 aromatic rings. The van der Waals surface area contributed by atoms with Gasteiger partial charge in [-0.3, -0.25) is 4.79 Å². The summed E-state index contributed by atoms with van der Waals surface area (Å²) in [5, 5.41) is 3.01. The van der Waals surface area contributed by atoms with Crippen LogP contribution in [0.5, 0.6) is 5.75 Å². The predicted octanol–water partition coefficient (Wildman–Crippen LogP) is 4.03. The molecular formula is C20H31NO4. The minimum Gasteiger partial charge on any atom is -0.491 e. The summed E-state index contributed by atoms with van der Waals surface area (Å²) in [5.41, 5.74) is 0.0772. The van der Waals surface area contributed by atoms with E-state index in [1.807, 2.05) is 38.1 Å². The van der Waals surface area contributed by atoms with Gasteiger partial charge >= 0.3 is 0 Å². The molecule has 0 radical (unpaired) electrons. The fourth-order valence-corrected chi connectivity index (χ4v) is 3.18. The molecule has 1 N–H and O–H groups in total. The van der Waals surface area contributed by atoms with Crippen LogP contribution in [0.15, 0.2) is 24.3 Å². The Bertz CT molecular complexity index is 521. The van der Waals surface area contributed by atoms with E-state index < -0.39 is 5.60 Å². The minimum absolute atomic E-state index is 0.0359. The van der Waals surface area contributed by atoms with Crippen molar-refractivity contribution in [1.29, 1.82) is 0 Å². The molecule has 5 nitrogen and oxygen atoms in total. The average Bonchev–Trinajstić information content (AvgIpc) is 2.62. The fraction of sp³-hybridized carbons (Fsp3) is 0.650. The summed E-state index contributed by atoms with van der Waals surface area (Å²) in [6.07, 6.45) is 3.62. The first kappa shape index (κ1) is 19.7. The van der Waals surface area contributed by atoms with E-state index >= 15 is 0 Å². The molecule has 1 fully saturated rings. The Morgan fingerprint density at radius 1 is 1.12 bits per heavy atom. The van der Waals surface area contributed by atoms with Gasteiger partial charge in [0.15, 0.2) is 0 Å². The van der Waals surface area contributed by atoms with Crippen molar-refractivity contribution >= 4 is 11.6 Å². The Morgan fingerprint density at radius 3 is 2.40 bits per heavy atom. The second kappa shape index (κ2) is 9.78. The number of ether oxygens (including phenoxy) is 3. The lowest BCUT2D eigenvalue weighted by Gasteiger charge is -2.37. The van der Waals surface area contributed by atoms with E-state index in [9.17, 15) is 4.79 Å². The fourth-order valence-electron chi connectivity index (χ4n) is 3.18. The molecule has 25 heavy (non-hydrogen) atoms. The van der Waals surface area contributed by atoms with Gasteiger partial charge in [0, 0.05) is 18.9 Å². The first-order valence-corrected chi connectivity index (χ1v) is 9.35. The SMILES string of the molecule is CCOCCOc1ccc(NC(=O)C2(OCC)CCC(C)CC2)cc1. The van der Waals surface area contributed by atoms with Crippen molar-refractivity contribution in [2.45, 2.75) is 52.1 Å². The molecule has 1 aliphatic rings. The van der Waals surface area contributed by atoms with E-state index in [2.05, 4.69) is 12.2 Å². The molecule has 0 aliphatic heterocycles. The Kier molecular flexibility index (Phi) is 7.72. The minimum atomic E-state index is -0.687. The summed E-state index contributed by atoms with van der Waals surface area (Å²) in [6, 6.07) is 7.44. The number of hydrogen-bond acceptors (Lipinski definition) is 4. The highest BCUT2D eigenvalue weighted by Gasteiger charge is 2.41. The number of carbonyl (C=O) groups excluding carboxylic acids is 1. The van der Waals surface area contributed by atoms with Crippen molar-refractivity contribution in [2.24, 2.45) is 5.92 Å². The van der Waals surface area contributed by atoms with Crippen LogP contribution in [0.25, 0.3) is 0 Å². The van der Waals surface area contributed by atoms with Crippen molar-refractivity contribution in [3.63, 3.8) is 0 Å². The summed E-state index contributed by atoms with van der Waals surface area (Å²) >= 11 is 0. The van der Waals surface area contributed by atoms with Gasteiger partial charge in [-0.25, -0.2) is 0 Å². The van der Waals surface area contributed by atoms with Gasteiger partial charge < -0.3 is 19.5 Å². The van der Waals surface area contributed by atoms with Gasteiger partial charge in [0.05, 0.1) is 6.61 Å². The van der Waals surface area contributed by atoms with E-state index in [-0.39, 0.29) is 5.91 Å². The lowest BCUT2D eigenvalue weighted by Crippen LogP contribution is -2.48. The zero-order valence-electron chi connectivity index (χ0n) is 15.7. The summed E-state index contributed by atoms with van der Waals surface area (Å²) < 4.78 is 16.7. The van der Waals surface area contributed by atoms with Crippen LogP contribution in [-0.2, 0) is 14.3 Å². The lowest BCUT2D eigenvalue weighted by atomic mass is 9.78. The van der Waals surface area contributed by atoms with Crippen molar-refractivity contribution < 1.29 is 19.0 Å². The van der Waals surface area contributed by atoms with Crippen LogP contribution in [0.4, 0.5) is 5.69 Å². The summed E-state index contributed by atoms with van der Waals surface area (Å²) in [4.78, 5) is 12.8. The lowest BCUT2D eigenvalue weighted by molar-refractivity contribution is -0.146. The molecule has 0 aromatic heterocycles. The molecule has 5 heteroatoms. The molecule has 2 rings (SSSR count). The molecule has 1 aliphatic carbocycles.